The van der Waals surface area contributed by atoms with Crippen LogP contribution in [-0.2, 0) is 9.47 Å². The summed E-state index contributed by atoms with van der Waals surface area (Å²) in [5.41, 5.74) is -0.0383. The maximum absolute atomic E-state index is 13.2. The second-order valence-electron chi connectivity index (χ2n) is 5.52. The van der Waals surface area contributed by atoms with Crippen molar-refractivity contribution in [2.24, 2.45) is 0 Å². The highest BCUT2D eigenvalue weighted by Gasteiger charge is 2.40. The molecule has 1 saturated heterocycles. The number of benzene rings is 1. The van der Waals surface area contributed by atoms with Gasteiger partial charge in [0.05, 0.1) is 18.8 Å². The van der Waals surface area contributed by atoms with Gasteiger partial charge in [-0.05, 0) is 31.0 Å². The second kappa shape index (κ2) is 5.61. The number of hydrogen-bond donors (Lipinski definition) is 2. The molecule has 0 unspecified atom stereocenters. The number of hydrogen-bond acceptors (Lipinski definition) is 4. The van der Waals surface area contributed by atoms with Gasteiger partial charge in [0.15, 0.2) is 5.79 Å². The zero-order valence-electron chi connectivity index (χ0n) is 11.6. The van der Waals surface area contributed by atoms with Gasteiger partial charge >= 0.3 is 0 Å². The predicted octanol–water partition coefficient (Wildman–Crippen LogP) is 1.95. The number of rotatable bonds is 2. The SMILES string of the molecule is O=C(NC1CCC2(CC1)OCCO2)c1cc(F)ccc1O. The van der Waals surface area contributed by atoms with Gasteiger partial charge in [0, 0.05) is 18.9 Å². The van der Waals surface area contributed by atoms with Crippen molar-refractivity contribution in [3.05, 3.63) is 29.6 Å². The van der Waals surface area contributed by atoms with E-state index in [9.17, 15) is 14.3 Å². The van der Waals surface area contributed by atoms with E-state index >= 15 is 0 Å². The van der Waals surface area contributed by atoms with Crippen molar-refractivity contribution < 1.29 is 23.8 Å². The van der Waals surface area contributed by atoms with Gasteiger partial charge in [0.25, 0.3) is 5.91 Å². The number of phenols is 1. The summed E-state index contributed by atoms with van der Waals surface area (Å²) in [6.07, 6.45) is 2.93. The summed E-state index contributed by atoms with van der Waals surface area (Å²) in [5.74, 6) is -1.69. The van der Waals surface area contributed by atoms with Crippen LogP contribution in [0.25, 0.3) is 0 Å². The maximum atomic E-state index is 13.2. The van der Waals surface area contributed by atoms with E-state index in [0.29, 0.717) is 13.2 Å². The first-order valence-electron chi connectivity index (χ1n) is 7.15. The molecule has 1 aliphatic heterocycles. The van der Waals surface area contributed by atoms with Crippen LogP contribution >= 0.6 is 0 Å². The van der Waals surface area contributed by atoms with Crippen molar-refractivity contribution in [1.82, 2.24) is 5.32 Å². The first-order valence-corrected chi connectivity index (χ1v) is 7.15. The molecule has 5 nitrogen and oxygen atoms in total. The van der Waals surface area contributed by atoms with Gasteiger partial charge in [-0.3, -0.25) is 4.79 Å². The lowest BCUT2D eigenvalue weighted by atomic mass is 9.90. The Hall–Kier alpha value is -1.66. The van der Waals surface area contributed by atoms with Gasteiger partial charge in [-0.1, -0.05) is 0 Å². The molecule has 3 rings (SSSR count). The van der Waals surface area contributed by atoms with Crippen LogP contribution in [0, 0.1) is 5.82 Å². The minimum atomic E-state index is -0.548. The smallest absolute Gasteiger partial charge is 0.255 e. The first-order chi connectivity index (χ1) is 10.1. The minimum absolute atomic E-state index is 0.0152. The van der Waals surface area contributed by atoms with Crippen LogP contribution in [0.4, 0.5) is 4.39 Å². The van der Waals surface area contributed by atoms with E-state index in [1.807, 2.05) is 0 Å². The molecule has 0 atom stereocenters. The van der Waals surface area contributed by atoms with Crippen LogP contribution in [0.5, 0.6) is 5.75 Å². The zero-order chi connectivity index (χ0) is 14.9. The van der Waals surface area contributed by atoms with Gasteiger partial charge < -0.3 is 19.9 Å². The van der Waals surface area contributed by atoms with Crippen molar-refractivity contribution in [2.45, 2.75) is 37.5 Å². The Morgan fingerprint density at radius 1 is 1.29 bits per heavy atom. The van der Waals surface area contributed by atoms with Crippen LogP contribution in [0.3, 0.4) is 0 Å². The van der Waals surface area contributed by atoms with Crippen LogP contribution in [0.15, 0.2) is 18.2 Å². The molecular weight excluding hydrogens is 277 g/mol. The van der Waals surface area contributed by atoms with Gasteiger partial charge in [0.2, 0.25) is 0 Å². The number of carbonyl (C=O) groups excluding carboxylic acids is 1. The average molecular weight is 295 g/mol. The fourth-order valence-corrected chi connectivity index (χ4v) is 2.94. The number of carbonyl (C=O) groups is 1. The zero-order valence-corrected chi connectivity index (χ0v) is 11.6. The summed E-state index contributed by atoms with van der Waals surface area (Å²) in [6.45, 7) is 1.24. The largest absolute Gasteiger partial charge is 0.507 e. The molecule has 114 valence electrons. The van der Waals surface area contributed by atoms with Gasteiger partial charge in [-0.25, -0.2) is 4.39 Å². The monoisotopic (exact) mass is 295 g/mol. The van der Waals surface area contributed by atoms with E-state index < -0.39 is 17.5 Å². The Bertz CT molecular complexity index is 532. The Labute approximate surface area is 122 Å². The van der Waals surface area contributed by atoms with E-state index in [1.165, 1.54) is 6.07 Å². The summed E-state index contributed by atoms with van der Waals surface area (Å²) in [6, 6.07) is 3.32. The molecule has 0 radical (unpaired) electrons. The first kappa shape index (κ1) is 14.3. The maximum Gasteiger partial charge on any atom is 0.255 e. The van der Waals surface area contributed by atoms with Gasteiger partial charge in [-0.2, -0.15) is 0 Å². The lowest BCUT2D eigenvalue weighted by Gasteiger charge is -2.35. The molecule has 1 aromatic rings. The molecule has 1 heterocycles. The number of aromatic hydroxyl groups is 1. The fourth-order valence-electron chi connectivity index (χ4n) is 2.94. The van der Waals surface area contributed by atoms with Crippen LogP contribution in [0.2, 0.25) is 0 Å². The molecule has 2 N–H and O–H groups in total. The molecule has 1 saturated carbocycles. The number of amides is 1. The van der Waals surface area contributed by atoms with Crippen LogP contribution < -0.4 is 5.32 Å². The standard InChI is InChI=1S/C15H18FNO4/c16-10-1-2-13(18)12(9-10)14(19)17-11-3-5-15(6-4-11)20-7-8-21-15/h1-2,9,11,18H,3-8H2,(H,17,19). The normalized spacial score (nSPS) is 21.6. The molecular formula is C15H18FNO4. The summed E-state index contributed by atoms with van der Waals surface area (Å²) in [5, 5.41) is 12.5. The topological polar surface area (TPSA) is 67.8 Å². The Balaban J connectivity index is 1.60. The lowest BCUT2D eigenvalue weighted by Crippen LogP contribution is -2.44. The van der Waals surface area contributed by atoms with Crippen molar-refractivity contribution in [3.8, 4) is 5.75 Å². The molecule has 2 aliphatic rings. The highest BCUT2D eigenvalue weighted by Crippen LogP contribution is 2.35. The predicted molar refractivity (Wildman–Crippen MR) is 72.4 cm³/mol. The fraction of sp³-hybridized carbons (Fsp3) is 0.533. The van der Waals surface area contributed by atoms with E-state index in [2.05, 4.69) is 5.32 Å². The molecule has 1 amide bonds. The summed E-state index contributed by atoms with van der Waals surface area (Å²) in [7, 11) is 0. The number of phenolic OH excluding ortho intramolecular Hbond substituents is 1. The Morgan fingerprint density at radius 3 is 2.62 bits per heavy atom. The molecule has 1 spiro atoms. The summed E-state index contributed by atoms with van der Waals surface area (Å²) < 4.78 is 24.4. The van der Waals surface area contributed by atoms with E-state index in [-0.39, 0.29) is 17.4 Å². The Kier molecular flexibility index (Phi) is 3.82. The molecule has 2 fully saturated rings. The van der Waals surface area contributed by atoms with Crippen molar-refractivity contribution in [3.63, 3.8) is 0 Å². The van der Waals surface area contributed by atoms with Crippen molar-refractivity contribution in [2.75, 3.05) is 13.2 Å². The van der Waals surface area contributed by atoms with Crippen LogP contribution in [-0.4, -0.2) is 36.1 Å². The molecule has 6 heteroatoms. The summed E-state index contributed by atoms with van der Waals surface area (Å²) >= 11 is 0. The number of nitrogens with one attached hydrogen (secondary N) is 1. The Morgan fingerprint density at radius 2 is 1.95 bits per heavy atom. The van der Waals surface area contributed by atoms with E-state index in [1.54, 1.807) is 0 Å². The molecule has 0 bridgehead atoms. The molecule has 21 heavy (non-hydrogen) atoms. The molecule has 1 aliphatic carbocycles. The van der Waals surface area contributed by atoms with Crippen molar-refractivity contribution in [1.29, 1.82) is 0 Å². The average Bonchev–Trinajstić information content (AvgIpc) is 2.93. The third kappa shape index (κ3) is 3.01. The highest BCUT2D eigenvalue weighted by atomic mass is 19.1. The molecule has 0 aromatic heterocycles. The number of halogens is 1. The minimum Gasteiger partial charge on any atom is -0.507 e. The van der Waals surface area contributed by atoms with E-state index in [4.69, 9.17) is 9.47 Å². The van der Waals surface area contributed by atoms with Gasteiger partial charge in [-0.15, -0.1) is 0 Å². The third-order valence-corrected chi connectivity index (χ3v) is 4.10. The van der Waals surface area contributed by atoms with Crippen LogP contribution in [0.1, 0.15) is 36.0 Å². The second-order valence-corrected chi connectivity index (χ2v) is 5.52. The highest BCUT2D eigenvalue weighted by molar-refractivity contribution is 5.96. The quantitative estimate of drug-likeness (QED) is 0.875. The third-order valence-electron chi connectivity index (χ3n) is 4.10. The van der Waals surface area contributed by atoms with E-state index in [0.717, 1.165) is 37.8 Å². The summed E-state index contributed by atoms with van der Waals surface area (Å²) in [4.78, 5) is 12.1. The number of ether oxygens (including phenoxy) is 2. The lowest BCUT2D eigenvalue weighted by molar-refractivity contribution is -0.179. The van der Waals surface area contributed by atoms with Gasteiger partial charge in [0.1, 0.15) is 11.6 Å². The molecule has 1 aromatic carbocycles. The van der Waals surface area contributed by atoms with Crippen molar-refractivity contribution >= 4 is 5.91 Å².